The number of rotatable bonds is 2. The summed E-state index contributed by atoms with van der Waals surface area (Å²) in [5.74, 6) is 1.25. The molecule has 0 amide bonds. The smallest absolute Gasteiger partial charge is 0.129 e. The molecular formula is C11H15ClN2S. The van der Waals surface area contributed by atoms with Crippen LogP contribution in [0.5, 0.6) is 0 Å². The maximum atomic E-state index is 5.82. The van der Waals surface area contributed by atoms with Crippen molar-refractivity contribution >= 4 is 29.1 Å². The van der Waals surface area contributed by atoms with Crippen molar-refractivity contribution in [3.8, 4) is 0 Å². The van der Waals surface area contributed by atoms with E-state index in [1.54, 1.807) is 0 Å². The van der Waals surface area contributed by atoms with E-state index in [0.717, 1.165) is 11.4 Å². The van der Waals surface area contributed by atoms with Crippen LogP contribution in [0.1, 0.15) is 19.0 Å². The lowest BCUT2D eigenvalue weighted by molar-refractivity contribution is 0.722. The van der Waals surface area contributed by atoms with Crippen molar-refractivity contribution in [3.05, 3.63) is 23.0 Å². The molecule has 1 aliphatic heterocycles. The first kappa shape index (κ1) is 11.1. The Kier molecular flexibility index (Phi) is 3.42. The number of aromatic nitrogens is 1. The second-order valence-electron chi connectivity index (χ2n) is 3.88. The van der Waals surface area contributed by atoms with Crippen molar-refractivity contribution in [2.24, 2.45) is 0 Å². The van der Waals surface area contributed by atoms with E-state index < -0.39 is 0 Å². The van der Waals surface area contributed by atoms with Crippen LogP contribution < -0.4 is 5.32 Å². The monoisotopic (exact) mass is 242 g/mol. The van der Waals surface area contributed by atoms with E-state index in [1.165, 1.54) is 12.2 Å². The SMILES string of the molecule is Cc1nc(Cl)ccc1NC1CCSC1C. The van der Waals surface area contributed by atoms with E-state index in [2.05, 4.69) is 17.2 Å². The van der Waals surface area contributed by atoms with Gasteiger partial charge in [0.25, 0.3) is 0 Å². The molecule has 0 spiro atoms. The van der Waals surface area contributed by atoms with Crippen molar-refractivity contribution in [2.75, 3.05) is 11.1 Å². The van der Waals surface area contributed by atoms with Gasteiger partial charge in [0.05, 0.1) is 11.4 Å². The first-order valence-electron chi connectivity index (χ1n) is 5.18. The number of pyridine rings is 1. The first-order valence-corrected chi connectivity index (χ1v) is 6.61. The molecule has 4 heteroatoms. The lowest BCUT2D eigenvalue weighted by Gasteiger charge is -2.18. The van der Waals surface area contributed by atoms with Gasteiger partial charge in [0, 0.05) is 11.3 Å². The van der Waals surface area contributed by atoms with E-state index in [0.29, 0.717) is 16.4 Å². The maximum Gasteiger partial charge on any atom is 0.129 e. The average Bonchev–Trinajstić information content (AvgIpc) is 2.57. The number of hydrogen-bond acceptors (Lipinski definition) is 3. The molecule has 0 aromatic carbocycles. The Morgan fingerprint density at radius 2 is 2.33 bits per heavy atom. The van der Waals surface area contributed by atoms with Gasteiger partial charge in [-0.05, 0) is 31.2 Å². The molecule has 0 bridgehead atoms. The van der Waals surface area contributed by atoms with Gasteiger partial charge < -0.3 is 5.32 Å². The summed E-state index contributed by atoms with van der Waals surface area (Å²) in [6.45, 7) is 4.26. The van der Waals surface area contributed by atoms with E-state index in [4.69, 9.17) is 11.6 Å². The second-order valence-corrected chi connectivity index (χ2v) is 5.75. The molecule has 1 N–H and O–H groups in total. The highest BCUT2D eigenvalue weighted by atomic mass is 35.5. The van der Waals surface area contributed by atoms with Crippen LogP contribution in [0.3, 0.4) is 0 Å². The third-order valence-electron chi connectivity index (χ3n) is 2.77. The molecule has 2 heterocycles. The molecule has 0 aliphatic carbocycles. The fourth-order valence-corrected chi connectivity index (χ4v) is 3.19. The Morgan fingerprint density at radius 3 is 2.93 bits per heavy atom. The van der Waals surface area contributed by atoms with Gasteiger partial charge in [0.2, 0.25) is 0 Å². The minimum atomic E-state index is 0.562. The third kappa shape index (κ3) is 2.58. The lowest BCUT2D eigenvalue weighted by Crippen LogP contribution is -2.25. The fourth-order valence-electron chi connectivity index (χ4n) is 1.80. The number of nitrogens with zero attached hydrogens (tertiary/aromatic N) is 1. The van der Waals surface area contributed by atoms with Gasteiger partial charge in [0.15, 0.2) is 0 Å². The predicted octanol–water partition coefficient (Wildman–Crippen LogP) is 3.35. The van der Waals surface area contributed by atoms with Crippen LogP contribution in [0.2, 0.25) is 5.15 Å². The molecule has 2 nitrogen and oxygen atoms in total. The lowest BCUT2D eigenvalue weighted by atomic mass is 10.1. The van der Waals surface area contributed by atoms with E-state index in [-0.39, 0.29) is 0 Å². The number of nitrogens with one attached hydrogen (secondary N) is 1. The summed E-state index contributed by atoms with van der Waals surface area (Å²) in [6, 6.07) is 4.42. The molecule has 0 saturated carbocycles. The van der Waals surface area contributed by atoms with Crippen LogP contribution in [0.4, 0.5) is 5.69 Å². The molecule has 1 aromatic heterocycles. The molecule has 0 radical (unpaired) electrons. The summed E-state index contributed by atoms with van der Waals surface area (Å²) >= 11 is 7.84. The highest BCUT2D eigenvalue weighted by Crippen LogP contribution is 2.29. The molecule has 2 atom stereocenters. The van der Waals surface area contributed by atoms with Crippen LogP contribution in [-0.2, 0) is 0 Å². The summed E-state index contributed by atoms with van der Waals surface area (Å²) in [7, 11) is 0. The van der Waals surface area contributed by atoms with Crippen molar-refractivity contribution in [1.29, 1.82) is 0 Å². The number of hydrogen-bond donors (Lipinski definition) is 1. The maximum absolute atomic E-state index is 5.82. The fraction of sp³-hybridized carbons (Fsp3) is 0.545. The molecule has 15 heavy (non-hydrogen) atoms. The summed E-state index contributed by atoms with van der Waals surface area (Å²) in [5.41, 5.74) is 2.09. The zero-order valence-corrected chi connectivity index (χ0v) is 10.5. The summed E-state index contributed by atoms with van der Waals surface area (Å²) in [4.78, 5) is 4.24. The van der Waals surface area contributed by atoms with Gasteiger partial charge in [-0.15, -0.1) is 0 Å². The van der Waals surface area contributed by atoms with Crippen molar-refractivity contribution in [2.45, 2.75) is 31.6 Å². The molecule has 2 unspecified atom stereocenters. The Morgan fingerprint density at radius 1 is 1.53 bits per heavy atom. The quantitative estimate of drug-likeness (QED) is 0.806. The third-order valence-corrected chi connectivity index (χ3v) is 4.31. The van der Waals surface area contributed by atoms with Gasteiger partial charge in [-0.25, -0.2) is 4.98 Å². The highest BCUT2D eigenvalue weighted by molar-refractivity contribution is 8.00. The van der Waals surface area contributed by atoms with Crippen LogP contribution in [0, 0.1) is 6.92 Å². The largest absolute Gasteiger partial charge is 0.380 e. The first-order chi connectivity index (χ1) is 7.16. The highest BCUT2D eigenvalue weighted by Gasteiger charge is 2.24. The van der Waals surface area contributed by atoms with Gasteiger partial charge in [-0.1, -0.05) is 18.5 Å². The van der Waals surface area contributed by atoms with Crippen molar-refractivity contribution in [1.82, 2.24) is 4.98 Å². The Hall–Kier alpha value is -0.410. The Balaban J connectivity index is 2.10. The van der Waals surface area contributed by atoms with Gasteiger partial charge in [0.1, 0.15) is 5.15 Å². The molecule has 1 fully saturated rings. The number of thioether (sulfide) groups is 1. The van der Waals surface area contributed by atoms with E-state index in [1.807, 2.05) is 30.8 Å². The van der Waals surface area contributed by atoms with Gasteiger partial charge in [-0.2, -0.15) is 11.8 Å². The van der Waals surface area contributed by atoms with Crippen LogP contribution in [-0.4, -0.2) is 22.0 Å². The summed E-state index contributed by atoms with van der Waals surface area (Å²) in [5, 5.41) is 4.79. The van der Waals surface area contributed by atoms with Crippen molar-refractivity contribution < 1.29 is 0 Å². The van der Waals surface area contributed by atoms with Crippen LogP contribution in [0.25, 0.3) is 0 Å². The van der Waals surface area contributed by atoms with Crippen LogP contribution in [0.15, 0.2) is 12.1 Å². The zero-order valence-electron chi connectivity index (χ0n) is 8.96. The number of aryl methyl sites for hydroxylation is 1. The standard InChI is InChI=1S/C11H15ClN2S/c1-7-9(3-4-11(12)13-7)14-10-5-6-15-8(10)2/h3-4,8,10,14H,5-6H2,1-2H3. The minimum absolute atomic E-state index is 0.562. The van der Waals surface area contributed by atoms with E-state index >= 15 is 0 Å². The second kappa shape index (κ2) is 4.62. The Bertz CT molecular complexity index is 356. The predicted molar refractivity (Wildman–Crippen MR) is 67.9 cm³/mol. The minimum Gasteiger partial charge on any atom is -0.380 e. The molecule has 1 aliphatic rings. The van der Waals surface area contributed by atoms with E-state index in [9.17, 15) is 0 Å². The zero-order chi connectivity index (χ0) is 10.8. The number of halogens is 1. The summed E-state index contributed by atoms with van der Waals surface area (Å²) < 4.78 is 0. The van der Waals surface area contributed by atoms with Crippen LogP contribution >= 0.6 is 23.4 Å². The average molecular weight is 243 g/mol. The summed E-state index contributed by atoms with van der Waals surface area (Å²) in [6.07, 6.45) is 1.23. The molecular weight excluding hydrogens is 228 g/mol. The molecule has 1 saturated heterocycles. The molecule has 2 rings (SSSR count). The normalized spacial score (nSPS) is 25.5. The van der Waals surface area contributed by atoms with Crippen molar-refractivity contribution in [3.63, 3.8) is 0 Å². The molecule has 82 valence electrons. The van der Waals surface area contributed by atoms with Gasteiger partial charge in [-0.3, -0.25) is 0 Å². The molecule has 1 aromatic rings. The number of anilines is 1. The Labute approximate surface area is 99.8 Å². The van der Waals surface area contributed by atoms with Gasteiger partial charge >= 0.3 is 0 Å². The topological polar surface area (TPSA) is 24.9 Å².